The maximum absolute atomic E-state index is 11.1. The van der Waals surface area contributed by atoms with Gasteiger partial charge < -0.3 is 99.5 Å². The van der Waals surface area contributed by atoms with Crippen LogP contribution in [0.2, 0.25) is 0 Å². The zero-order valence-corrected chi connectivity index (χ0v) is 23.3. The van der Waals surface area contributed by atoms with E-state index in [0.29, 0.717) is 0 Å². The molecule has 4 rings (SSSR count). The van der Waals surface area contributed by atoms with E-state index in [-0.39, 0.29) is 0 Å². The molecule has 44 heavy (non-hydrogen) atoms. The van der Waals surface area contributed by atoms with Crippen molar-refractivity contribution in [3.05, 3.63) is 0 Å². The molecule has 4 aliphatic heterocycles. The Morgan fingerprint density at radius 2 is 0.841 bits per heavy atom. The Morgan fingerprint density at radius 3 is 1.32 bits per heavy atom. The predicted octanol–water partition coefficient (Wildman–Crippen LogP) is -8.72. The van der Waals surface area contributed by atoms with Gasteiger partial charge in [-0.2, -0.15) is 0 Å². The molecule has 4 saturated heterocycles. The third-order valence-electron chi connectivity index (χ3n) is 8.17. The monoisotopic (exact) mass is 650 g/mol. The SMILES string of the molecule is C[C@@H]1O[C@@H](O[C@@H]2[C@@H](O)[C@H](O[C@@H]3O[C@H](CO)[C@@H](O)[C@H](O)[C@H]3O)[C@@H](CO)O[C@H]2O)[C@H](O)[C@H](O[C@@H]2O[C@H](CO)[C@@H](O)[C@H](O)[C@H]2O)[C@H]1O. The summed E-state index contributed by atoms with van der Waals surface area (Å²) < 4.78 is 38.1. The summed E-state index contributed by atoms with van der Waals surface area (Å²) >= 11 is 0. The minimum absolute atomic E-state index is 0.773. The summed E-state index contributed by atoms with van der Waals surface area (Å²) in [6, 6.07) is 0. The van der Waals surface area contributed by atoms with E-state index >= 15 is 0 Å². The first-order valence-corrected chi connectivity index (χ1v) is 14.0. The van der Waals surface area contributed by atoms with Crippen LogP contribution in [0.25, 0.3) is 0 Å². The molecule has 4 fully saturated rings. The van der Waals surface area contributed by atoms with Crippen LogP contribution in [0.5, 0.6) is 0 Å². The summed E-state index contributed by atoms with van der Waals surface area (Å²) in [5, 5.41) is 133. The van der Waals surface area contributed by atoms with Gasteiger partial charge in [0, 0.05) is 0 Å². The minimum atomic E-state index is -1.99. The van der Waals surface area contributed by atoms with Crippen molar-refractivity contribution in [2.75, 3.05) is 19.8 Å². The summed E-state index contributed by atoms with van der Waals surface area (Å²) in [5.74, 6) is 0. The Morgan fingerprint density at radius 1 is 0.409 bits per heavy atom. The van der Waals surface area contributed by atoms with E-state index in [4.69, 9.17) is 33.2 Å². The first-order chi connectivity index (χ1) is 20.7. The molecule has 258 valence electrons. The largest absolute Gasteiger partial charge is 0.394 e. The maximum atomic E-state index is 11.1. The van der Waals surface area contributed by atoms with Gasteiger partial charge in [0.2, 0.25) is 0 Å². The van der Waals surface area contributed by atoms with Crippen molar-refractivity contribution in [3.8, 4) is 0 Å². The Kier molecular flexibility index (Phi) is 12.3. The molecule has 0 amide bonds. The summed E-state index contributed by atoms with van der Waals surface area (Å²) in [4.78, 5) is 0. The first-order valence-electron chi connectivity index (χ1n) is 14.0. The van der Waals surface area contributed by atoms with Gasteiger partial charge in [-0.25, -0.2) is 0 Å². The molecule has 4 heterocycles. The van der Waals surface area contributed by atoms with Crippen LogP contribution in [0, 0.1) is 0 Å². The number of aliphatic hydroxyl groups is 13. The first kappa shape index (κ1) is 36.0. The van der Waals surface area contributed by atoms with Crippen molar-refractivity contribution in [1.29, 1.82) is 0 Å². The van der Waals surface area contributed by atoms with Gasteiger partial charge in [-0.15, -0.1) is 0 Å². The fraction of sp³-hybridized carbons (Fsp3) is 1.00. The highest BCUT2D eigenvalue weighted by atomic mass is 16.8. The lowest BCUT2D eigenvalue weighted by Gasteiger charge is -2.48. The van der Waals surface area contributed by atoms with Gasteiger partial charge in [-0.05, 0) is 6.92 Å². The molecule has 0 aliphatic carbocycles. The van der Waals surface area contributed by atoms with Gasteiger partial charge in [0.25, 0.3) is 0 Å². The van der Waals surface area contributed by atoms with Gasteiger partial charge in [-0.3, -0.25) is 0 Å². The van der Waals surface area contributed by atoms with Crippen molar-refractivity contribution in [2.45, 2.75) is 130 Å². The molecule has 4 aliphatic rings. The van der Waals surface area contributed by atoms with Crippen LogP contribution < -0.4 is 0 Å². The Hall–Kier alpha value is -0.800. The number of ether oxygens (including phenoxy) is 7. The number of hydrogen-bond donors (Lipinski definition) is 13. The molecule has 0 aromatic carbocycles. The van der Waals surface area contributed by atoms with Gasteiger partial charge in [0.15, 0.2) is 25.2 Å². The van der Waals surface area contributed by atoms with Crippen LogP contribution in [0.15, 0.2) is 0 Å². The zero-order chi connectivity index (χ0) is 32.6. The predicted molar refractivity (Wildman–Crippen MR) is 132 cm³/mol. The second kappa shape index (κ2) is 15.0. The van der Waals surface area contributed by atoms with Crippen molar-refractivity contribution in [2.24, 2.45) is 0 Å². The lowest BCUT2D eigenvalue weighted by atomic mass is 9.96. The Labute approximate surface area is 249 Å². The lowest BCUT2D eigenvalue weighted by molar-refractivity contribution is -0.391. The second-order valence-corrected chi connectivity index (χ2v) is 11.1. The quantitative estimate of drug-likeness (QED) is 0.110. The third kappa shape index (κ3) is 7.05. The molecule has 0 bridgehead atoms. The molecule has 0 saturated carbocycles. The van der Waals surface area contributed by atoms with Crippen molar-refractivity contribution in [1.82, 2.24) is 0 Å². The Bertz CT molecular complexity index is 898. The van der Waals surface area contributed by atoms with E-state index < -0.39 is 143 Å². The maximum Gasteiger partial charge on any atom is 0.187 e. The second-order valence-electron chi connectivity index (χ2n) is 11.1. The van der Waals surface area contributed by atoms with Crippen LogP contribution >= 0.6 is 0 Å². The molecule has 20 atom stereocenters. The average molecular weight is 651 g/mol. The average Bonchev–Trinajstić information content (AvgIpc) is 3.00. The number of aliphatic hydroxyl groups excluding tert-OH is 13. The zero-order valence-electron chi connectivity index (χ0n) is 23.3. The fourth-order valence-electron chi connectivity index (χ4n) is 5.47. The number of rotatable bonds is 9. The molecule has 0 spiro atoms. The van der Waals surface area contributed by atoms with E-state index in [2.05, 4.69) is 0 Å². The summed E-state index contributed by atoms with van der Waals surface area (Å²) in [6.07, 6.45) is -34.1. The summed E-state index contributed by atoms with van der Waals surface area (Å²) in [6.45, 7) is -1.06. The van der Waals surface area contributed by atoms with Crippen LogP contribution in [0.4, 0.5) is 0 Å². The normalized spacial score (nSPS) is 53.9. The van der Waals surface area contributed by atoms with E-state index in [1.165, 1.54) is 6.92 Å². The van der Waals surface area contributed by atoms with Crippen LogP contribution in [0.3, 0.4) is 0 Å². The van der Waals surface area contributed by atoms with Gasteiger partial charge >= 0.3 is 0 Å². The summed E-state index contributed by atoms with van der Waals surface area (Å²) in [7, 11) is 0. The molecule has 20 heteroatoms. The van der Waals surface area contributed by atoms with Crippen molar-refractivity contribution >= 4 is 0 Å². The molecular weight excluding hydrogens is 608 g/mol. The molecule has 13 N–H and O–H groups in total. The lowest BCUT2D eigenvalue weighted by Crippen LogP contribution is -2.67. The molecule has 0 aromatic heterocycles. The fourth-order valence-corrected chi connectivity index (χ4v) is 5.47. The standard InChI is InChI=1S/C24H42O20/c1-5-9(28)19(43-23-15(34)13(32)11(30)7(3-26)41-23)17(36)24(38-5)44-20-16(35)18(8(4-27)39-21(20)37)42-22-14(33)12(31)10(29)6(2-25)40-22/h5-37H,2-4H2,1H3/t5-,6+,7+,8+,9-,10+,11+,12-,13-,14+,15+,16-,17+,18+,19+,20+,21+,22-,23-,24-/m0/s1. The minimum Gasteiger partial charge on any atom is -0.394 e. The topological polar surface area (TPSA) is 328 Å². The summed E-state index contributed by atoms with van der Waals surface area (Å²) in [5.41, 5.74) is 0. The highest BCUT2D eigenvalue weighted by Crippen LogP contribution is 2.34. The molecule has 0 radical (unpaired) electrons. The van der Waals surface area contributed by atoms with Gasteiger partial charge in [-0.1, -0.05) is 0 Å². The van der Waals surface area contributed by atoms with E-state index in [9.17, 15) is 66.4 Å². The van der Waals surface area contributed by atoms with E-state index in [1.54, 1.807) is 0 Å². The Balaban J connectivity index is 1.49. The van der Waals surface area contributed by atoms with Crippen LogP contribution in [0.1, 0.15) is 6.92 Å². The highest BCUT2D eigenvalue weighted by molar-refractivity contribution is 4.97. The number of hydrogen-bond acceptors (Lipinski definition) is 20. The van der Waals surface area contributed by atoms with Gasteiger partial charge in [0.1, 0.15) is 91.6 Å². The third-order valence-corrected chi connectivity index (χ3v) is 8.17. The van der Waals surface area contributed by atoms with Gasteiger partial charge in [0.05, 0.1) is 25.9 Å². The highest BCUT2D eigenvalue weighted by Gasteiger charge is 2.54. The van der Waals surface area contributed by atoms with Crippen molar-refractivity contribution in [3.63, 3.8) is 0 Å². The molecule has 0 aromatic rings. The molecule has 0 unspecified atom stereocenters. The van der Waals surface area contributed by atoms with Crippen LogP contribution in [-0.4, -0.2) is 209 Å². The molecule has 20 nitrogen and oxygen atoms in total. The van der Waals surface area contributed by atoms with E-state index in [1.807, 2.05) is 0 Å². The molecular formula is C24H42O20. The smallest absolute Gasteiger partial charge is 0.187 e. The van der Waals surface area contributed by atoms with E-state index in [0.717, 1.165) is 0 Å². The van der Waals surface area contributed by atoms with Crippen LogP contribution in [-0.2, 0) is 33.2 Å². The van der Waals surface area contributed by atoms with Crippen molar-refractivity contribution < 1.29 is 99.5 Å².